The molecule has 0 aromatic heterocycles. The van der Waals surface area contributed by atoms with Crippen LogP contribution in [0.2, 0.25) is 0 Å². The first kappa shape index (κ1) is 82.5. The third kappa shape index (κ3) is 14.6. The molecule has 586 valence electrons. The maximum atomic E-state index is 6.59. The molecule has 0 bridgehead atoms. The van der Waals surface area contributed by atoms with E-state index in [9.17, 15) is 0 Å². The van der Waals surface area contributed by atoms with Crippen molar-refractivity contribution in [1.29, 1.82) is 0 Å². The van der Waals surface area contributed by atoms with E-state index in [1.54, 1.807) is 0 Å². The van der Waals surface area contributed by atoms with Gasteiger partial charge in [0.1, 0.15) is 0 Å². The highest BCUT2D eigenvalue weighted by atomic mass is 14.3. The fourth-order valence-electron chi connectivity index (χ4n) is 18.0. The van der Waals surface area contributed by atoms with Gasteiger partial charge in [-0.15, -0.1) is 103 Å². The van der Waals surface area contributed by atoms with Gasteiger partial charge < -0.3 is 0 Å². The minimum Gasteiger partial charge on any atom is -0.115 e. The molecule has 0 fully saturated rings. The van der Waals surface area contributed by atoms with Crippen LogP contribution in [0.25, 0.3) is 177 Å². The van der Waals surface area contributed by atoms with Crippen LogP contribution in [0.3, 0.4) is 0 Å². The first-order valence-corrected chi connectivity index (χ1v) is 41.1. The molecule has 0 saturated heterocycles. The normalized spacial score (nSPS) is 10.3. The van der Waals surface area contributed by atoms with Gasteiger partial charge in [-0.25, -0.2) is 0 Å². The molecule has 0 unspecified atom stereocenters. The summed E-state index contributed by atoms with van der Waals surface area (Å²) in [5.41, 5.74) is 30.3. The van der Waals surface area contributed by atoms with Gasteiger partial charge in [0, 0.05) is 89.0 Å². The van der Waals surface area contributed by atoms with Crippen molar-refractivity contribution in [3.05, 3.63) is 392 Å². The quantitative estimate of drug-likeness (QED) is 0.0752. The zero-order valence-corrected chi connectivity index (χ0v) is 70.1. The molecule has 0 aliphatic rings. The largest absolute Gasteiger partial charge is 0.115 e. The average Bonchev–Trinajstić information content (AvgIpc) is 0.721. The van der Waals surface area contributed by atoms with Gasteiger partial charge in [-0.2, -0.15) is 0 Å². The highest BCUT2D eigenvalue weighted by Crippen LogP contribution is 2.52. The molecule has 0 heterocycles. The second-order valence-corrected chi connectivity index (χ2v) is 30.7. The van der Waals surface area contributed by atoms with Crippen LogP contribution >= 0.6 is 0 Å². The monoisotopic (exact) mass is 1630 g/mol. The van der Waals surface area contributed by atoms with E-state index in [0.717, 1.165) is 177 Å². The Balaban J connectivity index is 1.03. The molecule has 0 saturated carbocycles. The summed E-state index contributed by atoms with van der Waals surface area (Å²) < 4.78 is 0. The minimum absolute atomic E-state index is 0.532. The van der Waals surface area contributed by atoms with Gasteiger partial charge in [0.25, 0.3) is 0 Å². The van der Waals surface area contributed by atoms with Gasteiger partial charge in [0.2, 0.25) is 0 Å². The Bertz CT molecular complexity index is 7850. The highest BCUT2D eigenvalue weighted by Gasteiger charge is 2.27. The standard InChI is InChI=1S/C130H66/c1-17-83-45-37-57-113(105(83)25-9)91-65-67-121(119-63-43-51-89(23-7)111(119)31-15)127(81-91)101-73-95(93-69-97(115-59-39-47-85(19-3)107(115)27-11)77-98(70-93)116-60-40-48-86(20-4)108(116)28-12)75-103(79-101)129-123-53-33-35-55-125(123)130(126-56-36-34-54-124(126)129)104-76-96(94-71-99(117-61-41-49-87(21-5)109(117)29-13)78-100(72-94)118-62-42-50-88(22-6)110(118)30-14)74-102(80-104)128-82-92(114-58-38-46-84(18-2)106(114)26-10)66-68-122(128)120-64-44-52-90(24-8)112(120)32-16/h1-16,33-82H. The third-order valence-corrected chi connectivity index (χ3v) is 23.9. The summed E-state index contributed by atoms with van der Waals surface area (Å²) >= 11 is 0. The molecule has 17 aromatic carbocycles. The van der Waals surface area contributed by atoms with Gasteiger partial charge in [-0.05, 0) is 311 Å². The summed E-state index contributed by atoms with van der Waals surface area (Å²) in [7, 11) is 0. The van der Waals surface area contributed by atoms with E-state index in [-0.39, 0.29) is 0 Å². The highest BCUT2D eigenvalue weighted by molar-refractivity contribution is 6.22. The molecule has 0 N–H and O–H groups in total. The molecule has 0 aliphatic heterocycles. The van der Waals surface area contributed by atoms with Crippen LogP contribution in [0.4, 0.5) is 0 Å². The Kier molecular flexibility index (Phi) is 22.4. The van der Waals surface area contributed by atoms with Crippen LogP contribution in [0.5, 0.6) is 0 Å². The van der Waals surface area contributed by atoms with Crippen molar-refractivity contribution in [2.24, 2.45) is 0 Å². The molecule has 0 spiro atoms. The van der Waals surface area contributed by atoms with E-state index in [4.69, 9.17) is 103 Å². The second-order valence-electron chi connectivity index (χ2n) is 30.7. The van der Waals surface area contributed by atoms with Crippen LogP contribution in [-0.2, 0) is 0 Å². The molecule has 0 heteroatoms. The number of hydrogen-bond donors (Lipinski definition) is 0. The molecular weight excluding hydrogens is 1560 g/mol. The SMILES string of the molecule is C#Cc1cccc(-c2cc(-c3cc(-c4cc(-c5cccc(C#C)c5C#C)ccc4-c4cccc(C#C)c4C#C)cc(-c4c5ccccc5c(-c5cc(-c6cc(-c7cccc(C#C)c7C#C)cc(-c7cccc(C#C)c7C#C)c6)cc(-c6cc(-c7cccc(C#C)c7C#C)ccc6-c6cccc(C#C)c6C#C)c5)c5ccccc45)c3)cc(-c3cccc(C#C)c3C#C)c2)c1C#C. The molecule has 17 aromatic rings. The fraction of sp³-hybridized carbons (Fsp3) is 0. The summed E-state index contributed by atoms with van der Waals surface area (Å²) in [4.78, 5) is 0. The summed E-state index contributed by atoms with van der Waals surface area (Å²) in [6.45, 7) is 0. The summed E-state index contributed by atoms with van der Waals surface area (Å²) in [6, 6.07) is 101. The molecule has 0 amide bonds. The number of terminal acetylenes is 16. The van der Waals surface area contributed by atoms with Crippen molar-refractivity contribution in [2.75, 3.05) is 0 Å². The van der Waals surface area contributed by atoms with Crippen molar-refractivity contribution in [1.82, 2.24) is 0 Å². The Morgan fingerprint density at radius 3 is 0.508 bits per heavy atom. The molecule has 130 heavy (non-hydrogen) atoms. The van der Waals surface area contributed by atoms with E-state index >= 15 is 0 Å². The maximum Gasteiger partial charge on any atom is 0.0477 e. The lowest BCUT2D eigenvalue weighted by Gasteiger charge is -2.22. The average molecular weight is 1630 g/mol. The number of benzene rings is 17. The molecule has 0 aliphatic carbocycles. The summed E-state index contributed by atoms with van der Waals surface area (Å²) in [6.07, 6.45) is 102. The van der Waals surface area contributed by atoms with Crippen molar-refractivity contribution in [2.45, 2.75) is 0 Å². The maximum absolute atomic E-state index is 6.59. The minimum atomic E-state index is 0.532. The third-order valence-electron chi connectivity index (χ3n) is 23.9. The van der Waals surface area contributed by atoms with Crippen LogP contribution in [-0.4, -0.2) is 0 Å². The van der Waals surface area contributed by atoms with E-state index in [2.05, 4.69) is 240 Å². The van der Waals surface area contributed by atoms with E-state index in [0.29, 0.717) is 89.0 Å². The molecule has 0 atom stereocenters. The first-order valence-electron chi connectivity index (χ1n) is 41.1. The predicted octanol–water partition coefficient (Wildman–Crippen LogP) is 27.0. The van der Waals surface area contributed by atoms with Gasteiger partial charge >= 0.3 is 0 Å². The number of fused-ring (bicyclic) bond motifs is 2. The van der Waals surface area contributed by atoms with Crippen molar-refractivity contribution in [3.63, 3.8) is 0 Å². The van der Waals surface area contributed by atoms with Gasteiger partial charge in [-0.3, -0.25) is 0 Å². The van der Waals surface area contributed by atoms with Gasteiger partial charge in [0.15, 0.2) is 0 Å². The fourth-order valence-corrected chi connectivity index (χ4v) is 18.0. The smallest absolute Gasteiger partial charge is 0.0477 e. The molecule has 0 nitrogen and oxygen atoms in total. The summed E-state index contributed by atoms with van der Waals surface area (Å²) in [5.74, 6) is 46.4. The van der Waals surface area contributed by atoms with Crippen molar-refractivity contribution in [3.8, 4) is 353 Å². The van der Waals surface area contributed by atoms with Crippen LogP contribution < -0.4 is 0 Å². The van der Waals surface area contributed by atoms with E-state index < -0.39 is 0 Å². The number of hydrogen-bond acceptors (Lipinski definition) is 0. The summed E-state index contributed by atoms with van der Waals surface area (Å²) in [5, 5.41) is 3.57. The lowest BCUT2D eigenvalue weighted by Crippen LogP contribution is -1.97. The topological polar surface area (TPSA) is 0 Å². The lowest BCUT2D eigenvalue weighted by molar-refractivity contribution is 1.50. The second kappa shape index (κ2) is 35.4. The van der Waals surface area contributed by atoms with Crippen LogP contribution in [0, 0.1) is 198 Å². The van der Waals surface area contributed by atoms with Gasteiger partial charge in [-0.1, -0.05) is 265 Å². The van der Waals surface area contributed by atoms with Crippen molar-refractivity contribution >= 4 is 21.5 Å². The first-order chi connectivity index (χ1) is 63.7. The molecule has 17 rings (SSSR count). The Hall–Kier alpha value is -19.8. The van der Waals surface area contributed by atoms with Crippen LogP contribution in [0.15, 0.2) is 303 Å². The predicted molar refractivity (Wildman–Crippen MR) is 545 cm³/mol. The Labute approximate surface area is 761 Å². The van der Waals surface area contributed by atoms with E-state index in [1.165, 1.54) is 0 Å². The Morgan fingerprint density at radius 1 is 0.115 bits per heavy atom. The molecular formula is C130H66. The van der Waals surface area contributed by atoms with Crippen molar-refractivity contribution < 1.29 is 0 Å². The van der Waals surface area contributed by atoms with Gasteiger partial charge in [0.05, 0.1) is 0 Å². The Morgan fingerprint density at radius 2 is 0.292 bits per heavy atom. The molecule has 0 radical (unpaired) electrons. The lowest BCUT2D eigenvalue weighted by atomic mass is 9.81. The van der Waals surface area contributed by atoms with Crippen LogP contribution in [0.1, 0.15) is 89.0 Å². The van der Waals surface area contributed by atoms with E-state index in [1.807, 2.05) is 158 Å². The number of rotatable bonds is 14. The zero-order valence-electron chi connectivity index (χ0n) is 70.1. The zero-order chi connectivity index (χ0) is 90.4.